The molecule has 0 amide bonds. The van der Waals surface area contributed by atoms with Gasteiger partial charge in [-0.05, 0) is 130 Å². The van der Waals surface area contributed by atoms with Crippen LogP contribution in [0.25, 0.3) is 0 Å². The molecule has 0 spiro atoms. The Kier molecular flexibility index (Phi) is 7.45. The second-order valence-corrected chi connectivity index (χ2v) is 13.6. The van der Waals surface area contributed by atoms with Gasteiger partial charge in [0.25, 0.3) is 0 Å². The molecule has 0 aliphatic heterocycles. The molecule has 4 aliphatic rings. The van der Waals surface area contributed by atoms with Crippen molar-refractivity contribution in [3.05, 3.63) is 0 Å². The standard InChI is InChI=1S/C30H54O2/c1-6-15-30(32,16-7-2)19-12-21(3)25-10-11-26-24-9-8-22-20-23(31)13-17-28(22,4)27(24)14-18-29(25,26)5/h21-27,31-32H,6-20H2,1-5H3/t21-,22+,23+,24+,25-,26+,27+,28+,29-/m1/s1. The molecule has 0 radical (unpaired) electrons. The number of hydrogen-bond acceptors (Lipinski definition) is 2. The van der Waals surface area contributed by atoms with Gasteiger partial charge in [0.1, 0.15) is 0 Å². The molecule has 4 aliphatic carbocycles. The second-order valence-electron chi connectivity index (χ2n) is 13.6. The van der Waals surface area contributed by atoms with Crippen LogP contribution in [0.2, 0.25) is 0 Å². The molecule has 0 heterocycles. The van der Waals surface area contributed by atoms with E-state index in [0.717, 1.165) is 80.5 Å². The van der Waals surface area contributed by atoms with E-state index < -0.39 is 5.60 Å². The lowest BCUT2D eigenvalue weighted by Crippen LogP contribution is -2.54. The first kappa shape index (κ1) is 25.0. The van der Waals surface area contributed by atoms with Crippen LogP contribution in [0.1, 0.15) is 131 Å². The van der Waals surface area contributed by atoms with Crippen molar-refractivity contribution >= 4 is 0 Å². The summed E-state index contributed by atoms with van der Waals surface area (Å²) in [4.78, 5) is 0. The minimum Gasteiger partial charge on any atom is -0.393 e. The van der Waals surface area contributed by atoms with E-state index in [1.807, 2.05) is 0 Å². The molecule has 0 bridgehead atoms. The quantitative estimate of drug-likeness (QED) is 0.400. The zero-order chi connectivity index (χ0) is 23.1. The fraction of sp³-hybridized carbons (Fsp3) is 1.00. The molecule has 2 N–H and O–H groups in total. The van der Waals surface area contributed by atoms with E-state index in [-0.39, 0.29) is 6.10 Å². The van der Waals surface area contributed by atoms with Gasteiger partial charge in [-0.3, -0.25) is 0 Å². The van der Waals surface area contributed by atoms with Gasteiger partial charge in [-0.25, -0.2) is 0 Å². The van der Waals surface area contributed by atoms with Crippen LogP contribution in [-0.2, 0) is 0 Å². The van der Waals surface area contributed by atoms with E-state index in [0.29, 0.717) is 10.8 Å². The molecule has 2 heteroatoms. The maximum atomic E-state index is 11.2. The Labute approximate surface area is 199 Å². The third-order valence-electron chi connectivity index (χ3n) is 11.9. The Morgan fingerprint density at radius 1 is 0.844 bits per heavy atom. The van der Waals surface area contributed by atoms with Crippen molar-refractivity contribution in [1.82, 2.24) is 0 Å². The highest BCUT2D eigenvalue weighted by Crippen LogP contribution is 2.68. The Balaban J connectivity index is 1.43. The summed E-state index contributed by atoms with van der Waals surface area (Å²) in [6.07, 6.45) is 18.2. The van der Waals surface area contributed by atoms with Crippen molar-refractivity contribution in [2.24, 2.45) is 46.3 Å². The normalized spacial score (nSPS) is 45.1. The van der Waals surface area contributed by atoms with Gasteiger partial charge in [0.05, 0.1) is 11.7 Å². The Bertz CT molecular complexity index is 624. The molecule has 2 nitrogen and oxygen atoms in total. The highest BCUT2D eigenvalue weighted by molar-refractivity contribution is 5.09. The summed E-state index contributed by atoms with van der Waals surface area (Å²) in [5, 5.41) is 21.5. The van der Waals surface area contributed by atoms with Gasteiger partial charge < -0.3 is 10.2 Å². The van der Waals surface area contributed by atoms with Gasteiger partial charge in [-0.2, -0.15) is 0 Å². The molecule has 0 unspecified atom stereocenters. The van der Waals surface area contributed by atoms with Crippen molar-refractivity contribution in [2.75, 3.05) is 0 Å². The largest absolute Gasteiger partial charge is 0.393 e. The molecule has 0 aromatic rings. The maximum Gasteiger partial charge on any atom is 0.0647 e. The van der Waals surface area contributed by atoms with Crippen LogP contribution in [0.4, 0.5) is 0 Å². The SMILES string of the molecule is CCCC(O)(CCC)CC[C@@H](C)[C@H]1CC[C@H]2[C@@H]3CC[C@H]4C[C@@H](O)CC[C@]4(C)[C@H]3CC[C@]12C. The predicted molar refractivity (Wildman–Crippen MR) is 134 cm³/mol. The van der Waals surface area contributed by atoms with Crippen LogP contribution in [0.3, 0.4) is 0 Å². The van der Waals surface area contributed by atoms with Gasteiger partial charge in [-0.15, -0.1) is 0 Å². The van der Waals surface area contributed by atoms with Crippen LogP contribution < -0.4 is 0 Å². The summed E-state index contributed by atoms with van der Waals surface area (Å²) in [6.45, 7) is 12.2. The number of hydrogen-bond donors (Lipinski definition) is 2. The first-order valence-corrected chi connectivity index (χ1v) is 14.6. The average molecular weight is 447 g/mol. The number of fused-ring (bicyclic) bond motifs is 5. The summed E-state index contributed by atoms with van der Waals surface area (Å²) < 4.78 is 0. The van der Waals surface area contributed by atoms with Gasteiger partial charge in [0, 0.05) is 0 Å². The molecule has 0 aromatic carbocycles. The molecule has 0 aromatic heterocycles. The van der Waals surface area contributed by atoms with E-state index in [9.17, 15) is 10.2 Å². The van der Waals surface area contributed by atoms with E-state index in [2.05, 4.69) is 34.6 Å². The van der Waals surface area contributed by atoms with Crippen molar-refractivity contribution in [1.29, 1.82) is 0 Å². The van der Waals surface area contributed by atoms with Gasteiger partial charge >= 0.3 is 0 Å². The minimum atomic E-state index is -0.424. The molecule has 9 atom stereocenters. The highest BCUT2D eigenvalue weighted by atomic mass is 16.3. The molecular formula is C30H54O2. The smallest absolute Gasteiger partial charge is 0.0647 e. The number of aliphatic hydroxyl groups excluding tert-OH is 1. The van der Waals surface area contributed by atoms with Crippen molar-refractivity contribution in [3.63, 3.8) is 0 Å². The number of rotatable bonds is 8. The Morgan fingerprint density at radius 2 is 1.50 bits per heavy atom. The van der Waals surface area contributed by atoms with Crippen molar-refractivity contribution < 1.29 is 10.2 Å². The summed E-state index contributed by atoms with van der Waals surface area (Å²) in [5.74, 6) is 5.10. The molecule has 4 rings (SSSR count). The Morgan fingerprint density at radius 3 is 2.19 bits per heavy atom. The predicted octanol–water partition coefficient (Wildman–Crippen LogP) is 7.75. The van der Waals surface area contributed by atoms with E-state index in [1.54, 1.807) is 0 Å². The fourth-order valence-electron chi connectivity index (χ4n) is 10.2. The van der Waals surface area contributed by atoms with Gasteiger partial charge in [-0.1, -0.05) is 47.5 Å². The lowest BCUT2D eigenvalue weighted by Gasteiger charge is -2.61. The Hall–Kier alpha value is -0.0800. The van der Waals surface area contributed by atoms with Crippen molar-refractivity contribution in [2.45, 2.75) is 143 Å². The van der Waals surface area contributed by atoms with Crippen LogP contribution in [-0.4, -0.2) is 21.9 Å². The average Bonchev–Trinajstić information content (AvgIpc) is 3.10. The zero-order valence-corrected chi connectivity index (χ0v) is 22.0. The van der Waals surface area contributed by atoms with Gasteiger partial charge in [0.2, 0.25) is 0 Å². The molecule has 32 heavy (non-hydrogen) atoms. The minimum absolute atomic E-state index is 0.0331. The fourth-order valence-corrected chi connectivity index (χ4v) is 10.2. The monoisotopic (exact) mass is 446 g/mol. The molecule has 186 valence electrons. The third-order valence-corrected chi connectivity index (χ3v) is 11.9. The molecule has 4 fully saturated rings. The number of aliphatic hydroxyl groups is 2. The first-order valence-electron chi connectivity index (χ1n) is 14.6. The van der Waals surface area contributed by atoms with E-state index >= 15 is 0 Å². The van der Waals surface area contributed by atoms with Crippen LogP contribution in [0, 0.1) is 46.3 Å². The van der Waals surface area contributed by atoms with Gasteiger partial charge in [0.15, 0.2) is 0 Å². The van der Waals surface area contributed by atoms with E-state index in [4.69, 9.17) is 0 Å². The summed E-state index contributed by atoms with van der Waals surface area (Å²) in [5.41, 5.74) is 0.586. The lowest BCUT2D eigenvalue weighted by atomic mass is 9.44. The molecular weight excluding hydrogens is 392 g/mol. The second kappa shape index (κ2) is 9.52. The lowest BCUT2D eigenvalue weighted by molar-refractivity contribution is -0.129. The van der Waals surface area contributed by atoms with Crippen LogP contribution in [0.15, 0.2) is 0 Å². The van der Waals surface area contributed by atoms with Crippen LogP contribution in [0.5, 0.6) is 0 Å². The molecule has 0 saturated heterocycles. The topological polar surface area (TPSA) is 40.5 Å². The summed E-state index contributed by atoms with van der Waals surface area (Å²) >= 11 is 0. The first-order chi connectivity index (χ1) is 15.2. The molecule has 4 saturated carbocycles. The van der Waals surface area contributed by atoms with Crippen LogP contribution >= 0.6 is 0 Å². The third kappa shape index (κ3) is 4.34. The highest BCUT2D eigenvalue weighted by Gasteiger charge is 2.60. The summed E-state index contributed by atoms with van der Waals surface area (Å²) in [6, 6.07) is 0. The van der Waals surface area contributed by atoms with Crippen molar-refractivity contribution in [3.8, 4) is 0 Å². The maximum absolute atomic E-state index is 11.2. The van der Waals surface area contributed by atoms with E-state index in [1.165, 1.54) is 51.4 Å². The zero-order valence-electron chi connectivity index (χ0n) is 22.0. The summed E-state index contributed by atoms with van der Waals surface area (Å²) in [7, 11) is 0.